The zero-order chi connectivity index (χ0) is 42.6. The molecule has 0 radical (unpaired) electrons. The molecule has 0 atom stereocenters. The third-order valence-corrected chi connectivity index (χ3v) is 10.8. The summed E-state index contributed by atoms with van der Waals surface area (Å²) in [7, 11) is 0. The van der Waals surface area contributed by atoms with Crippen molar-refractivity contribution in [3.8, 4) is 56.4 Å². The minimum atomic E-state index is -0.656. The number of thiophene rings is 2. The van der Waals surface area contributed by atoms with Crippen LogP contribution in [0.15, 0.2) is 164 Å². The highest BCUT2D eigenvalue weighted by molar-refractivity contribution is 7.26. The fourth-order valence-corrected chi connectivity index (χ4v) is 8.29. The molecule has 3 nitrogen and oxygen atoms in total. The second-order valence-corrected chi connectivity index (χ2v) is 13.6. The maximum Gasteiger partial charge on any atom is 0.165 e. The summed E-state index contributed by atoms with van der Waals surface area (Å²) in [5, 5.41) is 2.09. The normalized spacial score (nSPS) is 14.7. The van der Waals surface area contributed by atoms with E-state index < -0.39 is 59.9 Å². The minimum absolute atomic E-state index is 0.00640. The van der Waals surface area contributed by atoms with Crippen LogP contribution in [0.1, 0.15) is 15.1 Å². The summed E-state index contributed by atoms with van der Waals surface area (Å²) in [6.45, 7) is 0. The molecule has 0 saturated heterocycles. The molecular weight excluding hydrogens is 647 g/mol. The first-order chi connectivity index (χ1) is 29.3. The van der Waals surface area contributed by atoms with Crippen molar-refractivity contribution in [2.24, 2.45) is 0 Å². The molecule has 0 fully saturated rings. The lowest BCUT2D eigenvalue weighted by molar-refractivity contribution is 1.08. The Labute approximate surface area is 312 Å². The Hall–Kier alpha value is -6.01. The zero-order valence-electron chi connectivity index (χ0n) is 36.9. The van der Waals surface area contributed by atoms with E-state index in [9.17, 15) is 5.48 Å². The van der Waals surface area contributed by atoms with Gasteiger partial charge < -0.3 is 0 Å². The Morgan fingerprint density at radius 2 is 1.08 bits per heavy atom. The van der Waals surface area contributed by atoms with Gasteiger partial charge in [-0.05, 0) is 52.5 Å². The van der Waals surface area contributed by atoms with E-state index in [0.29, 0.717) is 11.4 Å². The van der Waals surface area contributed by atoms with Gasteiger partial charge in [0.2, 0.25) is 0 Å². The average molecular weight is 685 g/mol. The molecule has 0 bridgehead atoms. The summed E-state index contributed by atoms with van der Waals surface area (Å²) < 4.78 is 99.5. The third kappa shape index (κ3) is 4.98. The van der Waals surface area contributed by atoms with Gasteiger partial charge >= 0.3 is 0 Å². The smallest absolute Gasteiger partial charge is 0.165 e. The molecule has 5 heteroatoms. The summed E-state index contributed by atoms with van der Waals surface area (Å²) in [5.41, 5.74) is 2.55. The Morgan fingerprint density at radius 3 is 1.94 bits per heavy atom. The van der Waals surface area contributed by atoms with Crippen LogP contribution in [0.25, 0.3) is 96.8 Å². The van der Waals surface area contributed by atoms with E-state index in [4.69, 9.17) is 24.5 Å². The lowest BCUT2D eigenvalue weighted by Gasteiger charge is -2.10. The molecule has 3 heterocycles. The van der Waals surface area contributed by atoms with E-state index >= 15 is 0 Å². The highest BCUT2D eigenvalue weighted by Gasteiger charge is 2.18. The zero-order valence-corrected chi connectivity index (χ0v) is 27.5. The molecule has 0 aliphatic carbocycles. The third-order valence-electron chi connectivity index (χ3n) is 8.51. The van der Waals surface area contributed by atoms with Crippen LogP contribution in [-0.4, -0.2) is 15.0 Å². The van der Waals surface area contributed by atoms with Crippen LogP contribution >= 0.6 is 22.7 Å². The maximum atomic E-state index is 9.59. The number of hydrogen-bond acceptors (Lipinski definition) is 5. The molecule has 0 aliphatic heterocycles. The van der Waals surface area contributed by atoms with Gasteiger partial charge in [-0.1, -0.05) is 133 Å². The fourth-order valence-electron chi connectivity index (χ4n) is 6.11. The quantitative estimate of drug-likeness (QED) is 0.181. The molecule has 0 amide bonds. The molecule has 3 aromatic heterocycles. The molecule has 0 spiro atoms. The van der Waals surface area contributed by atoms with E-state index in [1.165, 1.54) is 0 Å². The van der Waals surface area contributed by atoms with E-state index in [-0.39, 0.29) is 55.0 Å². The van der Waals surface area contributed by atoms with Crippen molar-refractivity contribution >= 4 is 63.0 Å². The predicted octanol–water partition coefficient (Wildman–Crippen LogP) is 12.9. The monoisotopic (exact) mass is 684 g/mol. The molecule has 50 heavy (non-hydrogen) atoms. The summed E-state index contributed by atoms with van der Waals surface area (Å²) in [6, 6.07) is 26.0. The van der Waals surface area contributed by atoms with Crippen LogP contribution in [-0.2, 0) is 0 Å². The van der Waals surface area contributed by atoms with Gasteiger partial charge in [-0.3, -0.25) is 0 Å². The number of benzene rings is 7. The Balaban J connectivity index is 1.23. The van der Waals surface area contributed by atoms with Crippen LogP contribution in [0.5, 0.6) is 0 Å². The number of nitrogens with zero attached hydrogens (tertiary/aromatic N) is 3. The van der Waals surface area contributed by atoms with Gasteiger partial charge in [0.15, 0.2) is 17.5 Å². The van der Waals surface area contributed by atoms with Crippen molar-refractivity contribution in [1.82, 2.24) is 15.0 Å². The highest BCUT2D eigenvalue weighted by Crippen LogP contribution is 2.41. The molecule has 10 rings (SSSR count). The van der Waals surface area contributed by atoms with E-state index in [1.54, 1.807) is 11.3 Å². The summed E-state index contributed by atoms with van der Waals surface area (Å²) in [6.07, 6.45) is 0. The predicted molar refractivity (Wildman–Crippen MR) is 213 cm³/mol. The largest absolute Gasteiger partial charge is 0.208 e. The van der Waals surface area contributed by atoms with Gasteiger partial charge in [0.05, 0.1) is 15.1 Å². The average Bonchev–Trinajstić information content (AvgIpc) is 3.88. The van der Waals surface area contributed by atoms with Gasteiger partial charge in [-0.25, -0.2) is 15.0 Å². The molecular formula is C45H27N3S2. The molecule has 234 valence electrons. The van der Waals surface area contributed by atoms with Gasteiger partial charge in [-0.2, -0.15) is 0 Å². The summed E-state index contributed by atoms with van der Waals surface area (Å²) in [4.78, 5) is 14.8. The Morgan fingerprint density at radius 1 is 0.380 bits per heavy atom. The lowest BCUT2D eigenvalue weighted by Crippen LogP contribution is -2.00. The van der Waals surface area contributed by atoms with Gasteiger partial charge in [-0.15, -0.1) is 22.7 Å². The molecule has 10 aromatic rings. The Kier molecular flexibility index (Phi) is 4.70. The summed E-state index contributed by atoms with van der Waals surface area (Å²) >= 11 is 2.51. The van der Waals surface area contributed by atoms with Crippen LogP contribution in [0.2, 0.25) is 0 Å². The number of hydrogen-bond donors (Lipinski definition) is 0. The van der Waals surface area contributed by atoms with Crippen molar-refractivity contribution in [2.45, 2.75) is 0 Å². The highest BCUT2D eigenvalue weighted by atomic mass is 32.1. The van der Waals surface area contributed by atoms with Gasteiger partial charge in [0, 0.05) is 57.0 Å². The number of rotatable bonds is 5. The van der Waals surface area contributed by atoms with Crippen LogP contribution in [0.3, 0.4) is 0 Å². The van der Waals surface area contributed by atoms with Crippen molar-refractivity contribution in [1.29, 1.82) is 0 Å². The van der Waals surface area contributed by atoms with Crippen molar-refractivity contribution in [3.63, 3.8) is 0 Å². The van der Waals surface area contributed by atoms with Crippen molar-refractivity contribution in [2.75, 3.05) is 0 Å². The first kappa shape index (κ1) is 19.9. The molecule has 0 N–H and O–H groups in total. The Bertz CT molecular complexity index is 3470. The van der Waals surface area contributed by atoms with Crippen molar-refractivity contribution in [3.05, 3.63) is 164 Å². The SMILES string of the molecule is [2H]c1c([2H])c([2H])c(-c2c([2H])c([2H])c3sc4c([2H])c(-c5nc(-c6ccc(-c7ccccc7)cc6)nc(-c6cccc7c6sc6ccccc67)n5)c([2H])c([2H])c4c3c2[2H])c([2H])c1[2H]. The number of aromatic nitrogens is 3. The topological polar surface area (TPSA) is 38.7 Å². The van der Waals surface area contributed by atoms with Gasteiger partial charge in [0.25, 0.3) is 0 Å². The van der Waals surface area contributed by atoms with Crippen molar-refractivity contribution < 1.29 is 15.1 Å². The molecule has 0 saturated carbocycles. The molecule has 0 aliphatic rings. The maximum absolute atomic E-state index is 9.59. The van der Waals surface area contributed by atoms with E-state index in [0.717, 1.165) is 48.2 Å². The minimum Gasteiger partial charge on any atom is -0.208 e. The van der Waals surface area contributed by atoms with E-state index in [2.05, 4.69) is 12.1 Å². The standard InChI is InChI=1S/C45H27N3S2/c1-3-10-28(11-4-1)30-18-20-31(21-19-30)43-46-44(48-45(47-43)37-16-9-15-36-34-14-7-8-17-39(34)50-42(36)37)33-22-24-35-38-26-32(29-12-5-2-6-13-29)23-25-40(38)49-41(35)27-33/h1-27H/i2D,5D,6D,12D,13D,22D,23D,24D,25D,26D,27D. The van der Waals surface area contributed by atoms with E-state index in [1.807, 2.05) is 84.9 Å². The van der Waals surface area contributed by atoms with Gasteiger partial charge in [0.1, 0.15) is 0 Å². The van der Waals surface area contributed by atoms with Crippen LogP contribution in [0.4, 0.5) is 0 Å². The second kappa shape index (κ2) is 11.8. The lowest BCUT2D eigenvalue weighted by atomic mass is 10.0. The molecule has 7 aromatic carbocycles. The fraction of sp³-hybridized carbons (Fsp3) is 0. The number of fused-ring (bicyclic) bond motifs is 6. The first-order valence-electron chi connectivity index (χ1n) is 21.2. The first-order valence-corrected chi connectivity index (χ1v) is 17.3. The van der Waals surface area contributed by atoms with Crippen LogP contribution < -0.4 is 0 Å². The second-order valence-electron chi connectivity index (χ2n) is 11.5. The molecule has 0 unspecified atom stereocenters. The summed E-state index contributed by atoms with van der Waals surface area (Å²) in [5.74, 6) is 0.560. The van der Waals surface area contributed by atoms with Crippen LogP contribution in [0, 0.1) is 0 Å².